The zero-order valence-corrected chi connectivity index (χ0v) is 9.75. The molecule has 0 saturated heterocycles. The zero-order chi connectivity index (χ0) is 11.8. The van der Waals surface area contributed by atoms with Crippen LogP contribution in [0.15, 0.2) is 24.3 Å². The predicted molar refractivity (Wildman–Crippen MR) is 63.6 cm³/mol. The molecular formula is C13H20FNO. The van der Waals surface area contributed by atoms with Crippen molar-refractivity contribution in [3.63, 3.8) is 0 Å². The third-order valence-corrected chi connectivity index (χ3v) is 2.64. The molecule has 2 N–H and O–H groups in total. The first-order valence-corrected chi connectivity index (χ1v) is 5.86. The Morgan fingerprint density at radius 3 is 2.81 bits per heavy atom. The molecule has 3 heteroatoms. The summed E-state index contributed by atoms with van der Waals surface area (Å²) in [6, 6.07) is 6.78. The highest BCUT2D eigenvalue weighted by atomic mass is 19.1. The second kappa shape index (κ2) is 7.36. The highest BCUT2D eigenvalue weighted by Gasteiger charge is 2.01. The second-order valence-electron chi connectivity index (χ2n) is 3.97. The molecule has 0 aliphatic carbocycles. The number of aliphatic hydroxyl groups is 1. The van der Waals surface area contributed by atoms with Crippen LogP contribution in [0.2, 0.25) is 0 Å². The number of hydrogen-bond acceptors (Lipinski definition) is 2. The van der Waals surface area contributed by atoms with Crippen LogP contribution < -0.4 is 5.32 Å². The molecule has 1 unspecified atom stereocenters. The molecule has 90 valence electrons. The standard InChI is InChI=1S/C13H20FNO/c1-2-12(16)7-5-9-15-10-11-6-3-4-8-13(11)14/h3-4,6,8,12,15-16H,2,5,7,9-10H2,1H3. The summed E-state index contributed by atoms with van der Waals surface area (Å²) in [6.45, 7) is 3.33. The molecule has 0 radical (unpaired) electrons. The zero-order valence-electron chi connectivity index (χ0n) is 9.75. The van der Waals surface area contributed by atoms with Crippen molar-refractivity contribution in [1.29, 1.82) is 0 Å². The summed E-state index contributed by atoms with van der Waals surface area (Å²) in [5, 5.41) is 12.5. The maximum Gasteiger partial charge on any atom is 0.127 e. The highest BCUT2D eigenvalue weighted by Crippen LogP contribution is 2.05. The summed E-state index contributed by atoms with van der Waals surface area (Å²) in [5.74, 6) is -0.163. The number of hydrogen-bond donors (Lipinski definition) is 2. The van der Waals surface area contributed by atoms with Crippen LogP contribution in [0, 0.1) is 5.82 Å². The minimum atomic E-state index is -0.199. The Morgan fingerprint density at radius 1 is 1.38 bits per heavy atom. The second-order valence-corrected chi connectivity index (χ2v) is 3.97. The quantitative estimate of drug-likeness (QED) is 0.699. The van der Waals surface area contributed by atoms with Crippen molar-refractivity contribution < 1.29 is 9.50 Å². The first-order chi connectivity index (χ1) is 7.74. The number of nitrogens with one attached hydrogen (secondary N) is 1. The Labute approximate surface area is 96.5 Å². The van der Waals surface area contributed by atoms with Crippen molar-refractivity contribution in [2.45, 2.75) is 38.8 Å². The fourth-order valence-electron chi connectivity index (χ4n) is 1.53. The number of halogens is 1. The van der Waals surface area contributed by atoms with Crippen molar-refractivity contribution in [1.82, 2.24) is 5.32 Å². The van der Waals surface area contributed by atoms with Gasteiger partial charge in [-0.15, -0.1) is 0 Å². The lowest BCUT2D eigenvalue weighted by Crippen LogP contribution is -2.17. The van der Waals surface area contributed by atoms with Gasteiger partial charge < -0.3 is 10.4 Å². The van der Waals surface area contributed by atoms with E-state index in [0.717, 1.165) is 25.8 Å². The van der Waals surface area contributed by atoms with Crippen molar-refractivity contribution >= 4 is 0 Å². The Hall–Kier alpha value is -0.930. The lowest BCUT2D eigenvalue weighted by Gasteiger charge is -2.08. The highest BCUT2D eigenvalue weighted by molar-refractivity contribution is 5.16. The summed E-state index contributed by atoms with van der Waals surface area (Å²) in [6.07, 6.45) is 2.33. The van der Waals surface area contributed by atoms with E-state index in [2.05, 4.69) is 5.32 Å². The fraction of sp³-hybridized carbons (Fsp3) is 0.538. The van der Waals surface area contributed by atoms with E-state index in [1.165, 1.54) is 6.07 Å². The predicted octanol–water partition coefficient (Wildman–Crippen LogP) is 2.47. The molecule has 16 heavy (non-hydrogen) atoms. The molecule has 0 bridgehead atoms. The first kappa shape index (κ1) is 13.1. The average molecular weight is 225 g/mol. The smallest absolute Gasteiger partial charge is 0.127 e. The van der Waals surface area contributed by atoms with Gasteiger partial charge in [0.05, 0.1) is 6.10 Å². The average Bonchev–Trinajstić information content (AvgIpc) is 2.30. The molecule has 0 aliphatic rings. The molecule has 1 atom stereocenters. The number of aliphatic hydroxyl groups excluding tert-OH is 1. The van der Waals surface area contributed by atoms with E-state index in [0.29, 0.717) is 12.1 Å². The van der Waals surface area contributed by atoms with Gasteiger partial charge in [0.2, 0.25) is 0 Å². The molecule has 1 aromatic rings. The van der Waals surface area contributed by atoms with Crippen LogP contribution in [0.3, 0.4) is 0 Å². The lowest BCUT2D eigenvalue weighted by molar-refractivity contribution is 0.157. The molecule has 1 rings (SSSR count). The summed E-state index contributed by atoms with van der Waals surface area (Å²) in [7, 11) is 0. The Kier molecular flexibility index (Phi) is 6.04. The third-order valence-electron chi connectivity index (χ3n) is 2.64. The maximum absolute atomic E-state index is 13.2. The van der Waals surface area contributed by atoms with Crippen LogP contribution in [-0.2, 0) is 6.54 Å². The van der Waals surface area contributed by atoms with Gasteiger partial charge in [-0.1, -0.05) is 25.1 Å². The van der Waals surface area contributed by atoms with Gasteiger partial charge in [-0.2, -0.15) is 0 Å². The monoisotopic (exact) mass is 225 g/mol. The third kappa shape index (κ3) is 4.73. The van der Waals surface area contributed by atoms with E-state index in [1.54, 1.807) is 12.1 Å². The van der Waals surface area contributed by atoms with Crippen molar-refractivity contribution in [3.8, 4) is 0 Å². The van der Waals surface area contributed by atoms with Gasteiger partial charge in [0.15, 0.2) is 0 Å². The lowest BCUT2D eigenvalue weighted by atomic mass is 10.1. The van der Waals surface area contributed by atoms with Crippen LogP contribution in [0.4, 0.5) is 4.39 Å². The molecule has 0 fully saturated rings. The van der Waals surface area contributed by atoms with Crippen LogP contribution in [0.25, 0.3) is 0 Å². The largest absolute Gasteiger partial charge is 0.393 e. The van der Waals surface area contributed by atoms with Crippen molar-refractivity contribution in [2.24, 2.45) is 0 Å². The van der Waals surface area contributed by atoms with Gasteiger partial charge in [0, 0.05) is 12.1 Å². The van der Waals surface area contributed by atoms with Gasteiger partial charge in [-0.05, 0) is 31.9 Å². The van der Waals surface area contributed by atoms with Gasteiger partial charge in [0.1, 0.15) is 5.82 Å². The summed E-state index contributed by atoms with van der Waals surface area (Å²) in [5.41, 5.74) is 0.693. The van der Waals surface area contributed by atoms with Gasteiger partial charge in [-0.3, -0.25) is 0 Å². The van der Waals surface area contributed by atoms with E-state index < -0.39 is 0 Å². The minimum absolute atomic E-state index is 0.163. The van der Waals surface area contributed by atoms with Gasteiger partial charge >= 0.3 is 0 Å². The molecule has 0 aromatic heterocycles. The minimum Gasteiger partial charge on any atom is -0.393 e. The van der Waals surface area contributed by atoms with Crippen molar-refractivity contribution in [3.05, 3.63) is 35.6 Å². The Morgan fingerprint density at radius 2 is 2.12 bits per heavy atom. The molecule has 2 nitrogen and oxygen atoms in total. The fourth-order valence-corrected chi connectivity index (χ4v) is 1.53. The first-order valence-electron chi connectivity index (χ1n) is 5.86. The topological polar surface area (TPSA) is 32.3 Å². The molecule has 0 amide bonds. The summed E-state index contributed by atoms with van der Waals surface area (Å²) < 4.78 is 13.2. The van der Waals surface area contributed by atoms with Gasteiger partial charge in [-0.25, -0.2) is 4.39 Å². The van der Waals surface area contributed by atoms with Crippen LogP contribution in [0.5, 0.6) is 0 Å². The van der Waals surface area contributed by atoms with Crippen molar-refractivity contribution in [2.75, 3.05) is 6.54 Å². The molecular weight excluding hydrogens is 205 g/mol. The van der Waals surface area contributed by atoms with E-state index >= 15 is 0 Å². The summed E-state index contributed by atoms with van der Waals surface area (Å²) >= 11 is 0. The normalized spacial score (nSPS) is 12.7. The van der Waals surface area contributed by atoms with E-state index in [9.17, 15) is 9.50 Å². The Balaban J connectivity index is 2.14. The van der Waals surface area contributed by atoms with Gasteiger partial charge in [0.25, 0.3) is 0 Å². The Bertz CT molecular complexity index is 304. The number of benzene rings is 1. The molecule has 0 aliphatic heterocycles. The van der Waals surface area contributed by atoms with E-state index in [-0.39, 0.29) is 11.9 Å². The maximum atomic E-state index is 13.2. The molecule has 0 saturated carbocycles. The van der Waals surface area contributed by atoms with E-state index in [1.807, 2.05) is 13.0 Å². The number of rotatable bonds is 7. The SMILES string of the molecule is CCC(O)CCCNCc1ccccc1F. The molecule has 0 heterocycles. The van der Waals surface area contributed by atoms with Crippen LogP contribution >= 0.6 is 0 Å². The molecule has 0 spiro atoms. The van der Waals surface area contributed by atoms with Crippen LogP contribution in [-0.4, -0.2) is 17.8 Å². The molecule has 1 aromatic carbocycles. The summed E-state index contributed by atoms with van der Waals surface area (Å²) in [4.78, 5) is 0. The van der Waals surface area contributed by atoms with E-state index in [4.69, 9.17) is 0 Å². The van der Waals surface area contributed by atoms with Crippen LogP contribution in [0.1, 0.15) is 31.7 Å².